The van der Waals surface area contributed by atoms with Gasteiger partial charge in [-0.25, -0.2) is 10.4 Å². The van der Waals surface area contributed by atoms with Crippen molar-refractivity contribution in [2.75, 3.05) is 13.1 Å². The molecular weight excluding hydrogens is 400 g/mol. The summed E-state index contributed by atoms with van der Waals surface area (Å²) in [6.07, 6.45) is 13.7. The van der Waals surface area contributed by atoms with Gasteiger partial charge in [0.2, 0.25) is 5.96 Å². The lowest BCUT2D eigenvalue weighted by molar-refractivity contribution is -0.207. The molecule has 4 fully saturated rings. The average Bonchev–Trinajstić information content (AvgIpc) is 3.36. The van der Waals surface area contributed by atoms with Crippen LogP contribution in [-0.2, 0) is 0 Å². The van der Waals surface area contributed by atoms with Crippen LogP contribution in [0.1, 0.15) is 78.6 Å². The third-order valence-electron chi connectivity index (χ3n) is 10.5. The second kappa shape index (κ2) is 8.12. The van der Waals surface area contributed by atoms with Crippen molar-refractivity contribution in [3.63, 3.8) is 0 Å². The number of guanidine groups is 1. The van der Waals surface area contributed by atoms with Gasteiger partial charge in [0.15, 0.2) is 0 Å². The Kier molecular flexibility index (Phi) is 5.68. The van der Waals surface area contributed by atoms with Crippen LogP contribution in [0.4, 0.5) is 0 Å². The molecule has 0 aromatic rings. The van der Waals surface area contributed by atoms with Gasteiger partial charge in [-0.3, -0.25) is 0 Å². The van der Waals surface area contributed by atoms with Crippen LogP contribution in [0.25, 0.3) is 0 Å². The summed E-state index contributed by atoms with van der Waals surface area (Å²) in [6.45, 7) is 8.62. The van der Waals surface area contributed by atoms with E-state index in [-0.39, 0.29) is 11.5 Å². The molecule has 1 heterocycles. The Morgan fingerprint density at radius 2 is 1.97 bits per heavy atom. The minimum Gasteiger partial charge on any atom is -0.393 e. The fraction of sp³-hybridized carbons (Fsp3) is 0.846. The highest BCUT2D eigenvalue weighted by molar-refractivity contribution is 5.84. The van der Waals surface area contributed by atoms with Crippen molar-refractivity contribution in [2.45, 2.75) is 90.3 Å². The molecule has 0 bridgehead atoms. The van der Waals surface area contributed by atoms with Crippen LogP contribution in [0.15, 0.2) is 21.7 Å². The van der Waals surface area contributed by atoms with Crippen molar-refractivity contribution in [2.24, 2.45) is 44.6 Å². The fourth-order valence-electron chi connectivity index (χ4n) is 8.54. The summed E-state index contributed by atoms with van der Waals surface area (Å²) in [6, 6.07) is 0. The molecule has 0 aromatic carbocycles. The summed E-state index contributed by atoms with van der Waals surface area (Å²) in [5, 5.41) is 30.0. The molecule has 0 spiro atoms. The van der Waals surface area contributed by atoms with Crippen molar-refractivity contribution in [3.05, 3.63) is 11.6 Å². The highest BCUT2D eigenvalue weighted by Crippen LogP contribution is 2.69. The van der Waals surface area contributed by atoms with Crippen molar-refractivity contribution >= 4 is 12.2 Å². The molecule has 4 aliphatic carbocycles. The molecular formula is C26H42N4O2. The number of nitrogens with one attached hydrogen (secondary N) is 2. The maximum atomic E-state index is 12.3. The molecule has 32 heavy (non-hydrogen) atoms. The van der Waals surface area contributed by atoms with Crippen LogP contribution in [-0.4, -0.2) is 47.2 Å². The first kappa shape index (κ1) is 22.4. The monoisotopic (exact) mass is 442 g/mol. The molecule has 0 unspecified atom stereocenters. The molecule has 0 radical (unpaired) electrons. The lowest BCUT2D eigenvalue weighted by Crippen LogP contribution is -2.62. The van der Waals surface area contributed by atoms with Gasteiger partial charge in [0.25, 0.3) is 0 Å². The number of hydrazone groups is 1. The Hall–Kier alpha value is -1.40. The topological polar surface area (TPSA) is 89.2 Å². The number of allylic oxidation sites excluding steroid dienone is 2. The Bertz CT molecular complexity index is 825. The van der Waals surface area contributed by atoms with E-state index in [9.17, 15) is 10.2 Å². The van der Waals surface area contributed by atoms with Crippen LogP contribution in [0, 0.1) is 34.5 Å². The minimum absolute atomic E-state index is 0.0643. The molecule has 5 rings (SSSR count). The lowest BCUT2D eigenvalue weighted by Gasteiger charge is -2.63. The predicted octanol–water partition coefficient (Wildman–Crippen LogP) is 3.60. The molecule has 8 atom stereocenters. The SMILES string of the molecule is CC(/C=N\NC1=NCCN1)=C\[C@H]1CC[C@]2(O)[C@@H]3CC[C@@H]4C[C@@H](O)CC[C@]4(C)[C@H]3CC[C@]12C. The highest BCUT2D eigenvalue weighted by Gasteiger charge is 2.66. The third kappa shape index (κ3) is 3.44. The zero-order valence-electron chi connectivity index (χ0n) is 20.1. The Morgan fingerprint density at radius 3 is 2.75 bits per heavy atom. The second-order valence-corrected chi connectivity index (χ2v) is 11.9. The van der Waals surface area contributed by atoms with Crippen LogP contribution in [0.5, 0.6) is 0 Å². The smallest absolute Gasteiger partial charge is 0.212 e. The Morgan fingerprint density at radius 1 is 1.12 bits per heavy atom. The maximum absolute atomic E-state index is 12.3. The van der Waals surface area contributed by atoms with Gasteiger partial charge in [-0.2, -0.15) is 5.10 Å². The summed E-state index contributed by atoms with van der Waals surface area (Å²) >= 11 is 0. The number of fused-ring (bicyclic) bond motifs is 5. The number of aliphatic hydroxyl groups excluding tert-OH is 1. The van der Waals surface area contributed by atoms with Gasteiger partial charge in [-0.05, 0) is 99.4 Å². The van der Waals surface area contributed by atoms with Crippen LogP contribution in [0.3, 0.4) is 0 Å². The van der Waals surface area contributed by atoms with Crippen LogP contribution < -0.4 is 10.7 Å². The summed E-state index contributed by atoms with van der Waals surface area (Å²) in [5.74, 6) is 2.76. The van der Waals surface area contributed by atoms with Crippen LogP contribution in [0.2, 0.25) is 0 Å². The molecule has 178 valence electrons. The second-order valence-electron chi connectivity index (χ2n) is 11.9. The summed E-state index contributed by atoms with van der Waals surface area (Å²) in [5.41, 5.74) is 3.78. The minimum atomic E-state index is -0.570. The van der Waals surface area contributed by atoms with E-state index in [1.54, 1.807) is 0 Å². The molecule has 1 aliphatic heterocycles. The van der Waals surface area contributed by atoms with Crippen molar-refractivity contribution in [1.29, 1.82) is 0 Å². The molecule has 4 N–H and O–H groups in total. The zero-order chi connectivity index (χ0) is 22.6. The summed E-state index contributed by atoms with van der Waals surface area (Å²) in [7, 11) is 0. The van der Waals surface area contributed by atoms with Gasteiger partial charge < -0.3 is 15.5 Å². The quantitative estimate of drug-likeness (QED) is 0.397. The van der Waals surface area contributed by atoms with Crippen LogP contribution >= 0.6 is 0 Å². The lowest BCUT2D eigenvalue weighted by atomic mass is 9.43. The first-order valence-corrected chi connectivity index (χ1v) is 12.9. The zero-order valence-corrected chi connectivity index (χ0v) is 20.1. The van der Waals surface area contributed by atoms with Gasteiger partial charge >= 0.3 is 0 Å². The Balaban J connectivity index is 1.32. The van der Waals surface area contributed by atoms with E-state index in [1.807, 2.05) is 6.21 Å². The first-order chi connectivity index (χ1) is 15.3. The van der Waals surface area contributed by atoms with E-state index in [2.05, 4.69) is 47.7 Å². The number of hydrogen-bond donors (Lipinski definition) is 4. The number of hydrogen-bond acceptors (Lipinski definition) is 6. The van der Waals surface area contributed by atoms with Crippen molar-refractivity contribution < 1.29 is 10.2 Å². The standard InChI is InChI=1S/C26H42N4O2/c1-17(16-29-30-23-27-12-13-28-23)14-19-6-11-26(32)22-5-4-18-15-20(31)7-9-24(18,2)21(22)8-10-25(19,26)3/h14,16,18-22,31-32H,4-13,15H2,1-3H3,(H2,27,28,30)/b17-14+,29-16-/t18-,19-,20+,21+,22-,24+,25-,26+/m1/s1. The number of rotatable bonds is 3. The molecule has 6 heteroatoms. The number of aliphatic imine (C=N–C) groups is 1. The molecule has 0 amide bonds. The third-order valence-corrected chi connectivity index (χ3v) is 10.5. The van der Waals surface area contributed by atoms with E-state index in [4.69, 9.17) is 0 Å². The summed E-state index contributed by atoms with van der Waals surface area (Å²) in [4.78, 5) is 4.30. The van der Waals surface area contributed by atoms with Gasteiger partial charge in [0.05, 0.1) is 18.2 Å². The van der Waals surface area contributed by atoms with Crippen molar-refractivity contribution in [1.82, 2.24) is 10.7 Å². The number of nitrogens with zero attached hydrogens (tertiary/aromatic N) is 2. The van der Waals surface area contributed by atoms with E-state index >= 15 is 0 Å². The predicted molar refractivity (Wildman–Crippen MR) is 128 cm³/mol. The van der Waals surface area contributed by atoms with E-state index in [0.717, 1.165) is 69.6 Å². The van der Waals surface area contributed by atoms with E-state index in [0.29, 0.717) is 29.1 Å². The van der Waals surface area contributed by atoms with Gasteiger partial charge in [-0.15, -0.1) is 0 Å². The average molecular weight is 443 g/mol. The molecule has 6 nitrogen and oxygen atoms in total. The van der Waals surface area contributed by atoms with Gasteiger partial charge in [0, 0.05) is 18.2 Å². The van der Waals surface area contributed by atoms with Gasteiger partial charge in [0.1, 0.15) is 0 Å². The molecule has 0 saturated heterocycles. The largest absolute Gasteiger partial charge is 0.393 e. The normalized spacial score (nSPS) is 48.6. The maximum Gasteiger partial charge on any atom is 0.212 e. The van der Waals surface area contributed by atoms with Gasteiger partial charge in [-0.1, -0.05) is 19.9 Å². The molecule has 4 saturated carbocycles. The highest BCUT2D eigenvalue weighted by atomic mass is 16.3. The first-order valence-electron chi connectivity index (χ1n) is 12.9. The fourth-order valence-corrected chi connectivity index (χ4v) is 8.54. The summed E-state index contributed by atoms with van der Waals surface area (Å²) < 4.78 is 0. The van der Waals surface area contributed by atoms with Crippen molar-refractivity contribution in [3.8, 4) is 0 Å². The van der Waals surface area contributed by atoms with E-state index < -0.39 is 5.60 Å². The number of aliphatic hydroxyl groups is 2. The molecule has 0 aromatic heterocycles. The van der Waals surface area contributed by atoms with E-state index in [1.165, 1.54) is 12.8 Å². The molecule has 5 aliphatic rings. The Labute approximate surface area is 193 Å².